The fraction of sp³-hybridized carbons (Fsp3) is 0.625. The summed E-state index contributed by atoms with van der Waals surface area (Å²) < 4.78 is 2.32. The van der Waals surface area contributed by atoms with E-state index in [0.717, 1.165) is 29.3 Å². The Balaban J connectivity index is 1.97. The van der Waals surface area contributed by atoms with Crippen molar-refractivity contribution in [3.05, 3.63) is 23.1 Å². The van der Waals surface area contributed by atoms with Crippen molar-refractivity contribution in [2.75, 3.05) is 5.88 Å². The SMILES string of the molecule is CCC1CCC(n2c(CCCl)nc3cc(Cl)cnc32)CC1. The van der Waals surface area contributed by atoms with Gasteiger partial charge in [-0.2, -0.15) is 0 Å². The molecule has 0 atom stereocenters. The zero-order chi connectivity index (χ0) is 14.8. The molecule has 1 aliphatic carbocycles. The lowest BCUT2D eigenvalue weighted by atomic mass is 9.84. The van der Waals surface area contributed by atoms with Gasteiger partial charge in [0.25, 0.3) is 0 Å². The predicted molar refractivity (Wildman–Crippen MR) is 88.2 cm³/mol. The van der Waals surface area contributed by atoms with Crippen molar-refractivity contribution in [1.82, 2.24) is 14.5 Å². The second kappa shape index (κ2) is 6.53. The maximum absolute atomic E-state index is 6.04. The molecule has 21 heavy (non-hydrogen) atoms. The normalized spacial score (nSPS) is 22.8. The maximum Gasteiger partial charge on any atom is 0.160 e. The molecule has 114 valence electrons. The van der Waals surface area contributed by atoms with Crippen molar-refractivity contribution >= 4 is 34.4 Å². The van der Waals surface area contributed by atoms with Gasteiger partial charge in [0.05, 0.1) is 5.02 Å². The molecule has 0 aromatic carbocycles. The minimum Gasteiger partial charge on any atom is -0.310 e. The van der Waals surface area contributed by atoms with Crippen LogP contribution in [0.1, 0.15) is 50.9 Å². The van der Waals surface area contributed by atoms with Crippen LogP contribution in [0.25, 0.3) is 11.2 Å². The number of hydrogen-bond acceptors (Lipinski definition) is 2. The first-order valence-electron chi connectivity index (χ1n) is 7.81. The number of aromatic nitrogens is 3. The average molecular weight is 326 g/mol. The van der Waals surface area contributed by atoms with Gasteiger partial charge in [-0.25, -0.2) is 9.97 Å². The van der Waals surface area contributed by atoms with Crippen LogP contribution < -0.4 is 0 Å². The van der Waals surface area contributed by atoms with Crippen LogP contribution in [0.4, 0.5) is 0 Å². The lowest BCUT2D eigenvalue weighted by Gasteiger charge is -2.29. The van der Waals surface area contributed by atoms with Crippen molar-refractivity contribution in [2.24, 2.45) is 5.92 Å². The van der Waals surface area contributed by atoms with E-state index in [2.05, 4.69) is 16.5 Å². The molecular weight excluding hydrogens is 305 g/mol. The van der Waals surface area contributed by atoms with E-state index in [1.807, 2.05) is 6.07 Å². The highest BCUT2D eigenvalue weighted by Gasteiger charge is 2.25. The van der Waals surface area contributed by atoms with Crippen molar-refractivity contribution in [1.29, 1.82) is 0 Å². The molecule has 5 heteroatoms. The van der Waals surface area contributed by atoms with E-state index in [0.29, 0.717) is 16.9 Å². The molecule has 0 radical (unpaired) electrons. The summed E-state index contributed by atoms with van der Waals surface area (Å²) in [6, 6.07) is 2.40. The average Bonchev–Trinajstić information content (AvgIpc) is 2.85. The third kappa shape index (κ3) is 3.04. The van der Waals surface area contributed by atoms with Crippen LogP contribution in [0.15, 0.2) is 12.3 Å². The highest BCUT2D eigenvalue weighted by atomic mass is 35.5. The molecule has 2 heterocycles. The Morgan fingerprint density at radius 3 is 2.71 bits per heavy atom. The summed E-state index contributed by atoms with van der Waals surface area (Å²) in [5, 5.41) is 0.638. The first kappa shape index (κ1) is 15.1. The zero-order valence-corrected chi connectivity index (χ0v) is 13.9. The van der Waals surface area contributed by atoms with E-state index in [1.165, 1.54) is 32.1 Å². The fourth-order valence-corrected chi connectivity index (χ4v) is 3.78. The molecule has 0 saturated heterocycles. The highest BCUT2D eigenvalue weighted by molar-refractivity contribution is 6.31. The molecule has 2 aromatic rings. The third-order valence-corrected chi connectivity index (χ3v) is 5.04. The number of aryl methyl sites for hydroxylation is 1. The van der Waals surface area contributed by atoms with Gasteiger partial charge in [-0.1, -0.05) is 24.9 Å². The van der Waals surface area contributed by atoms with Crippen LogP contribution >= 0.6 is 23.2 Å². The standard InChI is InChI=1S/C16H21Cl2N3/c1-2-11-3-5-13(6-4-11)21-15(7-8-17)20-14-9-12(18)10-19-16(14)21/h9-11,13H,2-8H2,1H3. The summed E-state index contributed by atoms with van der Waals surface area (Å²) in [7, 11) is 0. The van der Waals surface area contributed by atoms with Crippen LogP contribution in [0.3, 0.4) is 0 Å². The van der Waals surface area contributed by atoms with E-state index in [9.17, 15) is 0 Å². The molecule has 2 aromatic heterocycles. The van der Waals surface area contributed by atoms with Crippen LogP contribution in [-0.2, 0) is 6.42 Å². The summed E-state index contributed by atoms with van der Waals surface area (Å²) in [5.74, 6) is 2.52. The number of halogens is 2. The number of alkyl halides is 1. The number of rotatable bonds is 4. The first-order chi connectivity index (χ1) is 10.2. The fourth-order valence-electron chi connectivity index (χ4n) is 3.46. The Labute approximate surface area is 135 Å². The molecule has 3 rings (SSSR count). The van der Waals surface area contributed by atoms with Crippen LogP contribution in [0, 0.1) is 5.92 Å². The topological polar surface area (TPSA) is 30.7 Å². The van der Waals surface area contributed by atoms with Crippen LogP contribution in [-0.4, -0.2) is 20.4 Å². The number of pyridine rings is 1. The van der Waals surface area contributed by atoms with Gasteiger partial charge in [-0.15, -0.1) is 11.6 Å². The molecule has 0 bridgehead atoms. The number of imidazole rings is 1. The summed E-state index contributed by atoms with van der Waals surface area (Å²) >= 11 is 12.0. The van der Waals surface area contributed by atoms with Gasteiger partial charge < -0.3 is 4.57 Å². The maximum atomic E-state index is 6.04. The molecule has 3 nitrogen and oxygen atoms in total. The third-order valence-electron chi connectivity index (χ3n) is 4.65. The lowest BCUT2D eigenvalue weighted by Crippen LogP contribution is -2.20. The van der Waals surface area contributed by atoms with Gasteiger partial charge in [0, 0.05) is 24.5 Å². The largest absolute Gasteiger partial charge is 0.310 e. The summed E-state index contributed by atoms with van der Waals surface area (Å²) in [6.07, 6.45) is 8.81. The quantitative estimate of drug-likeness (QED) is 0.740. The van der Waals surface area contributed by atoms with Crippen molar-refractivity contribution in [3.8, 4) is 0 Å². The van der Waals surface area contributed by atoms with Gasteiger partial charge in [0.2, 0.25) is 0 Å². The molecule has 1 saturated carbocycles. The Bertz CT molecular complexity index is 615. The minimum absolute atomic E-state index is 0.504. The van der Waals surface area contributed by atoms with Gasteiger partial charge in [-0.3, -0.25) is 0 Å². The summed E-state index contributed by atoms with van der Waals surface area (Å²) in [5.41, 5.74) is 1.85. The van der Waals surface area contributed by atoms with E-state index in [4.69, 9.17) is 28.2 Å². The van der Waals surface area contributed by atoms with Crippen LogP contribution in [0.5, 0.6) is 0 Å². The van der Waals surface area contributed by atoms with Gasteiger partial charge >= 0.3 is 0 Å². The predicted octanol–water partition coefficient (Wildman–Crippen LogP) is 5.01. The van der Waals surface area contributed by atoms with Crippen molar-refractivity contribution in [2.45, 2.75) is 51.5 Å². The van der Waals surface area contributed by atoms with Gasteiger partial charge in [0.15, 0.2) is 5.65 Å². The number of hydrogen-bond donors (Lipinski definition) is 0. The van der Waals surface area contributed by atoms with Crippen LogP contribution in [0.2, 0.25) is 5.02 Å². The Morgan fingerprint density at radius 1 is 1.29 bits per heavy atom. The molecule has 0 spiro atoms. The second-order valence-electron chi connectivity index (χ2n) is 5.92. The lowest BCUT2D eigenvalue weighted by molar-refractivity contribution is 0.269. The van der Waals surface area contributed by atoms with Crippen molar-refractivity contribution in [3.63, 3.8) is 0 Å². The first-order valence-corrected chi connectivity index (χ1v) is 8.72. The highest BCUT2D eigenvalue weighted by Crippen LogP contribution is 2.36. The molecule has 0 amide bonds. The Kier molecular flexibility index (Phi) is 4.70. The van der Waals surface area contributed by atoms with Gasteiger partial charge in [0.1, 0.15) is 11.3 Å². The molecule has 1 fully saturated rings. The van der Waals surface area contributed by atoms with E-state index in [-0.39, 0.29) is 0 Å². The number of nitrogens with zero attached hydrogens (tertiary/aromatic N) is 3. The summed E-state index contributed by atoms with van der Waals surface area (Å²) in [6.45, 7) is 2.29. The molecular formula is C16H21Cl2N3. The molecule has 1 aliphatic rings. The van der Waals surface area contributed by atoms with Gasteiger partial charge in [-0.05, 0) is 37.7 Å². The van der Waals surface area contributed by atoms with Crippen molar-refractivity contribution < 1.29 is 0 Å². The van der Waals surface area contributed by atoms with E-state index < -0.39 is 0 Å². The van der Waals surface area contributed by atoms with E-state index >= 15 is 0 Å². The minimum atomic E-state index is 0.504. The smallest absolute Gasteiger partial charge is 0.160 e. The Morgan fingerprint density at radius 2 is 2.05 bits per heavy atom. The number of fused-ring (bicyclic) bond motifs is 1. The molecule has 0 aliphatic heterocycles. The molecule has 0 N–H and O–H groups in total. The van der Waals surface area contributed by atoms with E-state index in [1.54, 1.807) is 6.20 Å². The zero-order valence-electron chi connectivity index (χ0n) is 12.4. The summed E-state index contributed by atoms with van der Waals surface area (Å²) in [4.78, 5) is 9.23. The molecule has 0 unspecified atom stereocenters. The second-order valence-corrected chi connectivity index (χ2v) is 6.73. The monoisotopic (exact) mass is 325 g/mol. The Hall–Kier alpha value is -0.800.